The summed E-state index contributed by atoms with van der Waals surface area (Å²) in [7, 11) is -2.75. The lowest BCUT2D eigenvalue weighted by molar-refractivity contribution is -0.190. The van der Waals surface area contributed by atoms with Crippen molar-refractivity contribution in [3.8, 4) is 0 Å². The van der Waals surface area contributed by atoms with Gasteiger partial charge in [-0.1, -0.05) is 111 Å². The lowest BCUT2D eigenvalue weighted by Gasteiger charge is -2.43. The van der Waals surface area contributed by atoms with Gasteiger partial charge in [0.2, 0.25) is 0 Å². The fraction of sp³-hybridized carbons (Fsp3) is 0.414. The molecule has 1 aromatic heterocycles. The van der Waals surface area contributed by atoms with E-state index in [1.807, 2.05) is 32.0 Å². The number of fused-ring (bicyclic) bond motifs is 1. The zero-order valence-electron chi connectivity index (χ0n) is 21.8. The van der Waals surface area contributed by atoms with Crippen molar-refractivity contribution in [3.05, 3.63) is 88.7 Å². The Morgan fingerprint density at radius 2 is 1.43 bits per heavy atom. The first-order chi connectivity index (χ1) is 17.5. The fourth-order valence-corrected chi connectivity index (χ4v) is 10.7. The van der Waals surface area contributed by atoms with Crippen molar-refractivity contribution in [2.75, 3.05) is 6.61 Å². The molecular weight excluding hydrogens is 525 g/mol. The summed E-state index contributed by atoms with van der Waals surface area (Å²) in [5, 5.41) is 2.92. The minimum Gasteiger partial charge on any atom is -0.405 e. The smallest absolute Gasteiger partial charge is 0.261 e. The van der Waals surface area contributed by atoms with Crippen molar-refractivity contribution in [3.63, 3.8) is 0 Å². The Bertz CT molecular complexity index is 1200. The van der Waals surface area contributed by atoms with Gasteiger partial charge in [-0.3, -0.25) is 0 Å². The number of nitrogens with zero attached hydrogens (tertiary/aromatic N) is 1. The number of hydrogen-bond acceptors (Lipinski definition) is 5. The molecule has 3 heterocycles. The van der Waals surface area contributed by atoms with E-state index in [0.29, 0.717) is 16.9 Å². The van der Waals surface area contributed by atoms with Crippen molar-refractivity contribution in [2.24, 2.45) is 0 Å². The highest BCUT2D eigenvalue weighted by Gasteiger charge is 2.57. The van der Waals surface area contributed by atoms with E-state index in [9.17, 15) is 0 Å². The third-order valence-electron chi connectivity index (χ3n) is 7.18. The lowest BCUT2D eigenvalue weighted by Crippen LogP contribution is -2.67. The molecule has 0 N–H and O–H groups in total. The maximum absolute atomic E-state index is 7.17. The molecule has 0 aliphatic carbocycles. The number of benzene rings is 2. The van der Waals surface area contributed by atoms with Gasteiger partial charge in [-0.15, -0.1) is 0 Å². The molecule has 0 radical (unpaired) electrons. The lowest BCUT2D eigenvalue weighted by atomic mass is 10.0. The highest BCUT2D eigenvalue weighted by Crippen LogP contribution is 2.47. The second-order valence-corrected chi connectivity index (χ2v) is 16.2. The van der Waals surface area contributed by atoms with Crippen molar-refractivity contribution in [1.82, 2.24) is 4.98 Å². The summed E-state index contributed by atoms with van der Waals surface area (Å²) in [5.74, 6) is -0.751. The average molecular weight is 559 g/mol. The van der Waals surface area contributed by atoms with E-state index in [1.54, 1.807) is 6.07 Å². The van der Waals surface area contributed by atoms with E-state index >= 15 is 0 Å². The summed E-state index contributed by atoms with van der Waals surface area (Å²) in [5.41, 5.74) is 0.732. The van der Waals surface area contributed by atoms with Crippen LogP contribution >= 0.6 is 23.2 Å². The molecule has 2 aromatic carbocycles. The molecule has 0 spiro atoms. The Hall–Kier alpha value is -1.77. The summed E-state index contributed by atoms with van der Waals surface area (Å²) >= 11 is 12.6. The minimum atomic E-state index is -2.75. The van der Waals surface area contributed by atoms with Crippen molar-refractivity contribution in [1.29, 1.82) is 0 Å². The minimum absolute atomic E-state index is 0.150. The van der Waals surface area contributed by atoms with E-state index in [1.165, 1.54) is 10.4 Å². The molecule has 37 heavy (non-hydrogen) atoms. The van der Waals surface area contributed by atoms with Crippen LogP contribution in [-0.2, 0) is 18.6 Å². The van der Waals surface area contributed by atoms with Crippen LogP contribution in [0.2, 0.25) is 15.3 Å². The summed E-state index contributed by atoms with van der Waals surface area (Å²) in [6.07, 6.45) is -1.46. The Morgan fingerprint density at radius 3 is 1.97 bits per heavy atom. The van der Waals surface area contributed by atoms with Crippen LogP contribution in [-0.4, -0.2) is 44.0 Å². The van der Waals surface area contributed by atoms with Crippen LogP contribution in [0.25, 0.3) is 0 Å². The quantitative estimate of drug-likeness (QED) is 0.278. The molecule has 4 unspecified atom stereocenters. The normalized spacial score (nSPS) is 25.3. The SMILES string of the molecule is CC1(C)OC2C(CO[Si](c3ccccc3)(c3ccccc3)C(C)(C)C)OC(c3ccc(Cl)nc3Cl)C2O1. The number of hydrogen-bond donors (Lipinski definition) is 0. The molecule has 5 rings (SSSR count). The molecule has 2 aliphatic heterocycles. The van der Waals surface area contributed by atoms with Crippen LogP contribution in [0.5, 0.6) is 0 Å². The maximum atomic E-state index is 7.17. The predicted octanol–water partition coefficient (Wildman–Crippen LogP) is 5.93. The molecule has 2 aliphatic rings. The Morgan fingerprint density at radius 1 is 0.865 bits per heavy atom. The van der Waals surface area contributed by atoms with E-state index < -0.39 is 20.2 Å². The van der Waals surface area contributed by atoms with Crippen molar-refractivity contribution < 1.29 is 18.6 Å². The number of rotatable bonds is 6. The Labute approximate surface area is 230 Å². The predicted molar refractivity (Wildman–Crippen MR) is 149 cm³/mol. The van der Waals surface area contributed by atoms with Gasteiger partial charge in [-0.2, -0.15) is 0 Å². The van der Waals surface area contributed by atoms with Gasteiger partial charge >= 0.3 is 0 Å². The molecule has 0 amide bonds. The molecule has 8 heteroatoms. The van der Waals surface area contributed by atoms with E-state index in [2.05, 4.69) is 74.3 Å². The first kappa shape index (κ1) is 26.8. The molecular formula is C29H33Cl2NO4Si. The summed E-state index contributed by atoms with van der Waals surface area (Å²) in [6, 6.07) is 24.7. The second kappa shape index (κ2) is 10.1. The molecule has 196 valence electrons. The van der Waals surface area contributed by atoms with E-state index in [0.717, 1.165) is 5.56 Å². The summed E-state index contributed by atoms with van der Waals surface area (Å²) < 4.78 is 26.4. The van der Waals surface area contributed by atoms with Gasteiger partial charge in [0.25, 0.3) is 8.32 Å². The second-order valence-electron chi connectivity index (χ2n) is 11.1. The molecule has 2 saturated heterocycles. The molecule has 2 fully saturated rings. The first-order valence-electron chi connectivity index (χ1n) is 12.6. The molecule has 3 aromatic rings. The fourth-order valence-electron chi connectivity index (χ4n) is 5.67. The third-order valence-corrected chi connectivity index (χ3v) is 12.7. The number of aromatic nitrogens is 1. The van der Waals surface area contributed by atoms with Gasteiger partial charge in [0.15, 0.2) is 5.79 Å². The monoisotopic (exact) mass is 557 g/mol. The number of pyridine rings is 1. The van der Waals surface area contributed by atoms with Gasteiger partial charge in [0, 0.05) is 5.56 Å². The van der Waals surface area contributed by atoms with E-state index in [-0.39, 0.29) is 23.4 Å². The van der Waals surface area contributed by atoms with Crippen LogP contribution in [0, 0.1) is 0 Å². The van der Waals surface area contributed by atoms with Gasteiger partial charge in [0.05, 0.1) is 6.61 Å². The van der Waals surface area contributed by atoms with Gasteiger partial charge in [-0.05, 0) is 35.3 Å². The average Bonchev–Trinajstić information content (AvgIpc) is 3.33. The van der Waals surface area contributed by atoms with Crippen molar-refractivity contribution >= 4 is 41.9 Å². The number of halogens is 2. The van der Waals surface area contributed by atoms with Crippen LogP contribution < -0.4 is 10.4 Å². The zero-order chi connectivity index (χ0) is 26.4. The summed E-state index contributed by atoms with van der Waals surface area (Å²) in [6.45, 7) is 11.0. The van der Waals surface area contributed by atoms with Crippen LogP contribution in [0.4, 0.5) is 0 Å². The highest BCUT2D eigenvalue weighted by atomic mass is 35.5. The van der Waals surface area contributed by atoms with Gasteiger partial charge in [0.1, 0.15) is 34.7 Å². The van der Waals surface area contributed by atoms with Crippen LogP contribution in [0.15, 0.2) is 72.8 Å². The summed E-state index contributed by atoms with van der Waals surface area (Å²) in [4.78, 5) is 4.22. The maximum Gasteiger partial charge on any atom is 0.261 e. The van der Waals surface area contributed by atoms with Crippen molar-refractivity contribution in [2.45, 2.75) is 69.9 Å². The highest BCUT2D eigenvalue weighted by molar-refractivity contribution is 6.99. The van der Waals surface area contributed by atoms with Crippen LogP contribution in [0.3, 0.4) is 0 Å². The largest absolute Gasteiger partial charge is 0.405 e. The Balaban J connectivity index is 1.51. The molecule has 5 nitrogen and oxygen atoms in total. The molecule has 4 atom stereocenters. The van der Waals surface area contributed by atoms with Gasteiger partial charge in [-0.25, -0.2) is 4.98 Å². The van der Waals surface area contributed by atoms with Gasteiger partial charge < -0.3 is 18.6 Å². The molecule has 0 saturated carbocycles. The van der Waals surface area contributed by atoms with E-state index in [4.69, 9.17) is 41.8 Å². The Kier molecular flexibility index (Phi) is 7.31. The molecule has 0 bridgehead atoms. The third kappa shape index (κ3) is 5.01. The van der Waals surface area contributed by atoms with Crippen LogP contribution in [0.1, 0.15) is 46.3 Å². The number of ether oxygens (including phenoxy) is 3. The zero-order valence-corrected chi connectivity index (χ0v) is 24.3. The first-order valence-corrected chi connectivity index (χ1v) is 15.3. The standard InChI is InChI=1S/C29H33Cl2NO4Si/c1-28(2,3)37(19-12-8-6-9-13-19,20-14-10-7-11-15-20)33-18-22-25-26(36-29(4,5)35-25)24(34-22)21-16-17-23(30)32-27(21)31/h6-17,22,24-26H,18H2,1-5H3. The topological polar surface area (TPSA) is 49.8 Å².